The van der Waals surface area contributed by atoms with Crippen LogP contribution in [0.1, 0.15) is 12.8 Å². The first-order valence-corrected chi connectivity index (χ1v) is 5.62. The van der Waals surface area contributed by atoms with Crippen molar-refractivity contribution in [1.82, 2.24) is 0 Å². The normalized spacial score (nSPS) is 18.4. The quantitative estimate of drug-likeness (QED) is 0.634. The summed E-state index contributed by atoms with van der Waals surface area (Å²) in [6.45, 7) is 0. The van der Waals surface area contributed by atoms with Gasteiger partial charge in [-0.25, -0.2) is 0 Å². The Hall–Kier alpha value is -2.23. The largest absolute Gasteiger partial charge is 0.397 e. The predicted molar refractivity (Wildman–Crippen MR) is 67.2 cm³/mol. The molecule has 1 amide bonds. The van der Waals surface area contributed by atoms with Crippen molar-refractivity contribution in [3.63, 3.8) is 0 Å². The lowest BCUT2D eigenvalue weighted by molar-refractivity contribution is -0.113. The van der Waals surface area contributed by atoms with Gasteiger partial charge in [-0.15, -0.1) is 0 Å². The molecule has 1 aromatic carbocycles. The van der Waals surface area contributed by atoms with E-state index in [9.17, 15) is 4.79 Å². The first kappa shape index (κ1) is 9.96. The zero-order valence-corrected chi connectivity index (χ0v) is 9.29. The van der Waals surface area contributed by atoms with Crippen LogP contribution in [0.5, 0.6) is 0 Å². The maximum absolute atomic E-state index is 12.1. The Balaban J connectivity index is 2.12. The highest BCUT2D eigenvalue weighted by Gasteiger charge is 2.24. The Bertz CT molecular complexity index is 558. The van der Waals surface area contributed by atoms with Crippen LogP contribution < -0.4 is 16.4 Å². The molecule has 0 radical (unpaired) electrons. The molecule has 86 valence electrons. The van der Waals surface area contributed by atoms with Crippen molar-refractivity contribution in [2.75, 3.05) is 10.6 Å². The highest BCUT2D eigenvalue weighted by molar-refractivity contribution is 6.08. The summed E-state index contributed by atoms with van der Waals surface area (Å²) in [5, 5.41) is 6.14. The molecule has 1 aromatic rings. The second-order valence-corrected chi connectivity index (χ2v) is 4.18. The molecule has 3 rings (SSSR count). The monoisotopic (exact) mass is 227 g/mol. The molecule has 1 heterocycles. The number of nitrogens with one attached hydrogen (secondary N) is 2. The zero-order chi connectivity index (χ0) is 11.8. The van der Waals surface area contributed by atoms with E-state index < -0.39 is 0 Å². The van der Waals surface area contributed by atoms with E-state index in [1.807, 2.05) is 30.3 Å². The molecule has 1 aliphatic carbocycles. The summed E-state index contributed by atoms with van der Waals surface area (Å²) in [5.41, 5.74) is 9.75. The van der Waals surface area contributed by atoms with Crippen molar-refractivity contribution >= 4 is 17.3 Å². The molecule has 0 fully saturated rings. The average Bonchev–Trinajstić information content (AvgIpc) is 2.47. The topological polar surface area (TPSA) is 67.2 Å². The second kappa shape index (κ2) is 3.66. The number of fused-ring (bicyclic) bond motifs is 1. The number of carbonyl (C=O) groups excluding carboxylic acids is 1. The molecule has 1 aliphatic heterocycles. The number of allylic oxidation sites excluding steroid dienone is 1. The molecule has 0 saturated heterocycles. The highest BCUT2D eigenvalue weighted by Crippen LogP contribution is 2.32. The standard InChI is InChI=1S/C13H13N3O/c14-9-5-3-4-8-12(9)15-10-6-1-2-7-11(10)16-13(8)17/h1-2,5-7,15H,3-4,14H2,(H,16,17). The maximum atomic E-state index is 12.1. The fourth-order valence-electron chi connectivity index (χ4n) is 2.18. The van der Waals surface area contributed by atoms with Gasteiger partial charge >= 0.3 is 0 Å². The number of rotatable bonds is 0. The summed E-state index contributed by atoms with van der Waals surface area (Å²) in [4.78, 5) is 12.1. The third-order valence-corrected chi connectivity index (χ3v) is 3.06. The number of hydrogen-bond acceptors (Lipinski definition) is 3. The van der Waals surface area contributed by atoms with E-state index in [4.69, 9.17) is 5.73 Å². The molecule has 0 spiro atoms. The van der Waals surface area contributed by atoms with Gasteiger partial charge in [-0.1, -0.05) is 18.2 Å². The molecular weight excluding hydrogens is 214 g/mol. The van der Waals surface area contributed by atoms with Gasteiger partial charge in [0.05, 0.1) is 22.8 Å². The molecule has 4 N–H and O–H groups in total. The first-order chi connectivity index (χ1) is 8.25. The van der Waals surface area contributed by atoms with Crippen molar-refractivity contribution < 1.29 is 4.79 Å². The smallest absolute Gasteiger partial charge is 0.253 e. The number of para-hydroxylation sites is 2. The lowest BCUT2D eigenvalue weighted by atomic mass is 9.99. The van der Waals surface area contributed by atoms with Crippen LogP contribution in [0.2, 0.25) is 0 Å². The van der Waals surface area contributed by atoms with E-state index in [0.29, 0.717) is 5.70 Å². The minimum atomic E-state index is -0.0616. The van der Waals surface area contributed by atoms with Crippen LogP contribution in [-0.4, -0.2) is 5.91 Å². The van der Waals surface area contributed by atoms with E-state index >= 15 is 0 Å². The van der Waals surface area contributed by atoms with Crippen LogP contribution in [-0.2, 0) is 4.79 Å². The molecular formula is C13H13N3O. The number of hydrogen-bond donors (Lipinski definition) is 3. The Morgan fingerprint density at radius 1 is 1.12 bits per heavy atom. The summed E-state index contributed by atoms with van der Waals surface area (Å²) in [6.07, 6.45) is 3.49. The van der Waals surface area contributed by atoms with E-state index in [0.717, 1.165) is 35.5 Å². The Kier molecular flexibility index (Phi) is 2.14. The Morgan fingerprint density at radius 2 is 1.82 bits per heavy atom. The summed E-state index contributed by atoms with van der Waals surface area (Å²) >= 11 is 0. The summed E-state index contributed by atoms with van der Waals surface area (Å²) in [5.74, 6) is -0.0616. The van der Waals surface area contributed by atoms with Gasteiger partial charge in [-0.2, -0.15) is 0 Å². The van der Waals surface area contributed by atoms with E-state index in [-0.39, 0.29) is 5.91 Å². The third kappa shape index (κ3) is 1.58. The number of benzene rings is 1. The van der Waals surface area contributed by atoms with E-state index in [1.165, 1.54) is 0 Å². The molecule has 0 unspecified atom stereocenters. The van der Waals surface area contributed by atoms with Crippen LogP contribution >= 0.6 is 0 Å². The van der Waals surface area contributed by atoms with Crippen molar-refractivity contribution in [3.05, 3.63) is 47.3 Å². The van der Waals surface area contributed by atoms with Crippen LogP contribution in [0.4, 0.5) is 11.4 Å². The predicted octanol–water partition coefficient (Wildman–Crippen LogP) is 1.94. The highest BCUT2D eigenvalue weighted by atomic mass is 16.1. The molecule has 2 aliphatic rings. The lowest BCUT2D eigenvalue weighted by Gasteiger charge is -2.17. The number of nitrogens with two attached hydrogens (primary N) is 1. The molecule has 0 atom stereocenters. The zero-order valence-electron chi connectivity index (χ0n) is 9.29. The molecule has 4 nitrogen and oxygen atoms in total. The number of anilines is 2. The van der Waals surface area contributed by atoms with Gasteiger partial charge in [0, 0.05) is 5.57 Å². The molecule has 0 saturated carbocycles. The SMILES string of the molecule is NC1=CCCC2=C1Nc1ccccc1NC2=O. The molecule has 0 aromatic heterocycles. The van der Waals surface area contributed by atoms with Crippen molar-refractivity contribution in [1.29, 1.82) is 0 Å². The Morgan fingerprint density at radius 3 is 2.59 bits per heavy atom. The van der Waals surface area contributed by atoms with Crippen molar-refractivity contribution in [2.24, 2.45) is 5.73 Å². The van der Waals surface area contributed by atoms with Gasteiger partial charge in [0.2, 0.25) is 0 Å². The van der Waals surface area contributed by atoms with Crippen LogP contribution in [0, 0.1) is 0 Å². The van der Waals surface area contributed by atoms with Gasteiger partial charge in [0.25, 0.3) is 5.91 Å². The van der Waals surface area contributed by atoms with Gasteiger partial charge in [-0.05, 0) is 25.0 Å². The van der Waals surface area contributed by atoms with Gasteiger partial charge in [0.1, 0.15) is 0 Å². The number of carbonyl (C=O) groups is 1. The fraction of sp³-hybridized carbons (Fsp3) is 0.154. The summed E-state index contributed by atoms with van der Waals surface area (Å²) in [7, 11) is 0. The lowest BCUT2D eigenvalue weighted by Crippen LogP contribution is -2.20. The first-order valence-electron chi connectivity index (χ1n) is 5.62. The summed E-state index contributed by atoms with van der Waals surface area (Å²) < 4.78 is 0. The van der Waals surface area contributed by atoms with Gasteiger partial charge < -0.3 is 16.4 Å². The van der Waals surface area contributed by atoms with Gasteiger partial charge in [0.15, 0.2) is 0 Å². The minimum Gasteiger partial charge on any atom is -0.397 e. The molecule has 0 bridgehead atoms. The maximum Gasteiger partial charge on any atom is 0.253 e. The van der Waals surface area contributed by atoms with E-state index in [1.54, 1.807) is 0 Å². The second-order valence-electron chi connectivity index (χ2n) is 4.18. The van der Waals surface area contributed by atoms with Crippen LogP contribution in [0.25, 0.3) is 0 Å². The molecule has 4 heteroatoms. The third-order valence-electron chi connectivity index (χ3n) is 3.06. The summed E-state index contributed by atoms with van der Waals surface area (Å²) in [6, 6.07) is 7.61. The van der Waals surface area contributed by atoms with Crippen molar-refractivity contribution in [3.8, 4) is 0 Å². The molecule has 17 heavy (non-hydrogen) atoms. The Labute approximate surface area is 99.2 Å². The van der Waals surface area contributed by atoms with Gasteiger partial charge in [-0.3, -0.25) is 4.79 Å². The fourth-order valence-corrected chi connectivity index (χ4v) is 2.18. The van der Waals surface area contributed by atoms with Crippen LogP contribution in [0.3, 0.4) is 0 Å². The minimum absolute atomic E-state index is 0.0616. The van der Waals surface area contributed by atoms with Crippen LogP contribution in [0.15, 0.2) is 47.3 Å². The van der Waals surface area contributed by atoms with E-state index in [2.05, 4.69) is 10.6 Å². The number of amides is 1. The van der Waals surface area contributed by atoms with Crippen molar-refractivity contribution in [2.45, 2.75) is 12.8 Å². The average molecular weight is 227 g/mol.